The third-order valence-corrected chi connectivity index (χ3v) is 1.98. The molecule has 1 aromatic rings. The van der Waals surface area contributed by atoms with Gasteiger partial charge in [0.05, 0.1) is 0 Å². The first kappa shape index (κ1) is 11.8. The number of hydrogen-bond acceptors (Lipinski definition) is 2. The quantitative estimate of drug-likeness (QED) is 0.721. The number of rotatable bonds is 6. The van der Waals surface area contributed by atoms with Gasteiger partial charge in [0.25, 0.3) is 0 Å². The van der Waals surface area contributed by atoms with Crippen LogP contribution in [0.1, 0.15) is 19.4 Å². The molecule has 1 N–H and O–H groups in total. The Bertz CT molecular complexity index is 307. The van der Waals surface area contributed by atoms with E-state index in [9.17, 15) is 0 Å². The molecule has 0 saturated heterocycles. The van der Waals surface area contributed by atoms with E-state index in [-0.39, 0.29) is 0 Å². The molecular formula is C13H19NO. The summed E-state index contributed by atoms with van der Waals surface area (Å²) in [6.45, 7) is 9.33. The molecule has 2 nitrogen and oxygen atoms in total. The highest BCUT2D eigenvalue weighted by Gasteiger charge is 1.97. The summed E-state index contributed by atoms with van der Waals surface area (Å²) in [5.74, 6) is 0.901. The van der Waals surface area contributed by atoms with Crippen molar-refractivity contribution in [3.8, 4) is 5.75 Å². The number of hydrogen-bond donors (Lipinski definition) is 1. The lowest BCUT2D eigenvalue weighted by molar-refractivity contribution is 0.362. The summed E-state index contributed by atoms with van der Waals surface area (Å²) < 4.78 is 5.46. The summed E-state index contributed by atoms with van der Waals surface area (Å²) in [6, 6.07) is 8.62. The third-order valence-electron chi connectivity index (χ3n) is 1.98. The molecule has 0 amide bonds. The molecule has 0 bridgehead atoms. The molecule has 0 aliphatic carbocycles. The molecule has 0 unspecified atom stereocenters. The third kappa shape index (κ3) is 4.66. The Balaban J connectivity index is 2.53. The van der Waals surface area contributed by atoms with Gasteiger partial charge in [0.2, 0.25) is 0 Å². The van der Waals surface area contributed by atoms with E-state index in [0.29, 0.717) is 12.6 Å². The van der Waals surface area contributed by atoms with Crippen LogP contribution < -0.4 is 10.1 Å². The van der Waals surface area contributed by atoms with Gasteiger partial charge < -0.3 is 10.1 Å². The summed E-state index contributed by atoms with van der Waals surface area (Å²) in [4.78, 5) is 0. The van der Waals surface area contributed by atoms with Crippen LogP contribution in [0.5, 0.6) is 5.75 Å². The van der Waals surface area contributed by atoms with E-state index in [0.717, 1.165) is 12.3 Å². The first-order chi connectivity index (χ1) is 7.22. The van der Waals surface area contributed by atoms with Crippen LogP contribution in [-0.4, -0.2) is 12.6 Å². The van der Waals surface area contributed by atoms with Gasteiger partial charge in [0, 0.05) is 12.6 Å². The minimum Gasteiger partial charge on any atom is -0.490 e. The highest BCUT2D eigenvalue weighted by molar-refractivity contribution is 5.28. The van der Waals surface area contributed by atoms with E-state index in [4.69, 9.17) is 4.74 Å². The lowest BCUT2D eigenvalue weighted by Gasteiger charge is -2.09. The molecular weight excluding hydrogens is 186 g/mol. The zero-order valence-electron chi connectivity index (χ0n) is 9.49. The molecule has 0 radical (unpaired) electrons. The smallest absolute Gasteiger partial charge is 0.120 e. The fraction of sp³-hybridized carbons (Fsp3) is 0.385. The maximum absolute atomic E-state index is 5.46. The van der Waals surface area contributed by atoms with Crippen molar-refractivity contribution < 1.29 is 4.74 Å². The number of ether oxygens (including phenoxy) is 1. The van der Waals surface area contributed by atoms with Gasteiger partial charge in [-0.3, -0.25) is 0 Å². The van der Waals surface area contributed by atoms with E-state index in [2.05, 4.69) is 37.9 Å². The molecule has 82 valence electrons. The van der Waals surface area contributed by atoms with Crippen molar-refractivity contribution in [1.29, 1.82) is 0 Å². The van der Waals surface area contributed by atoms with Crippen molar-refractivity contribution in [2.45, 2.75) is 26.4 Å². The Labute approximate surface area is 92.0 Å². The van der Waals surface area contributed by atoms with E-state index in [1.807, 2.05) is 12.1 Å². The second-order valence-electron chi connectivity index (χ2n) is 3.78. The summed E-state index contributed by atoms with van der Waals surface area (Å²) >= 11 is 0. The van der Waals surface area contributed by atoms with Crippen molar-refractivity contribution in [1.82, 2.24) is 5.32 Å². The standard InChI is InChI=1S/C13H19NO/c1-4-8-15-13-7-5-6-12(9-13)10-14-11(2)3/h4-7,9,11,14H,1,8,10H2,2-3H3. The van der Waals surface area contributed by atoms with Gasteiger partial charge in [-0.2, -0.15) is 0 Å². The molecule has 1 rings (SSSR count). The summed E-state index contributed by atoms with van der Waals surface area (Å²) in [5, 5.41) is 3.37. The van der Waals surface area contributed by atoms with Crippen molar-refractivity contribution in [2.24, 2.45) is 0 Å². The normalized spacial score (nSPS) is 10.3. The predicted molar refractivity (Wildman–Crippen MR) is 64.1 cm³/mol. The molecule has 0 fully saturated rings. The van der Waals surface area contributed by atoms with Crippen molar-refractivity contribution in [3.63, 3.8) is 0 Å². The second-order valence-corrected chi connectivity index (χ2v) is 3.78. The maximum atomic E-state index is 5.46. The van der Waals surface area contributed by atoms with Gasteiger partial charge in [0.15, 0.2) is 0 Å². The Morgan fingerprint density at radius 3 is 2.93 bits per heavy atom. The number of benzene rings is 1. The Kier molecular flexibility index (Phi) is 4.91. The first-order valence-electron chi connectivity index (χ1n) is 5.28. The minimum atomic E-state index is 0.503. The van der Waals surface area contributed by atoms with Gasteiger partial charge in [-0.15, -0.1) is 0 Å². The van der Waals surface area contributed by atoms with Crippen molar-refractivity contribution in [3.05, 3.63) is 42.5 Å². The average Bonchev–Trinajstić information content (AvgIpc) is 2.24. The Morgan fingerprint density at radius 1 is 1.47 bits per heavy atom. The van der Waals surface area contributed by atoms with Gasteiger partial charge >= 0.3 is 0 Å². The SMILES string of the molecule is C=CCOc1cccc(CNC(C)C)c1. The molecule has 0 aromatic heterocycles. The number of nitrogens with one attached hydrogen (secondary N) is 1. The van der Waals surface area contributed by atoms with Gasteiger partial charge in [-0.05, 0) is 17.7 Å². The van der Waals surface area contributed by atoms with Gasteiger partial charge in [0.1, 0.15) is 12.4 Å². The molecule has 1 aromatic carbocycles. The zero-order chi connectivity index (χ0) is 11.1. The van der Waals surface area contributed by atoms with E-state index >= 15 is 0 Å². The summed E-state index contributed by atoms with van der Waals surface area (Å²) in [5.41, 5.74) is 1.24. The van der Waals surface area contributed by atoms with Crippen LogP contribution >= 0.6 is 0 Å². The van der Waals surface area contributed by atoms with Crippen LogP contribution in [0.3, 0.4) is 0 Å². The van der Waals surface area contributed by atoms with E-state index < -0.39 is 0 Å². The molecule has 0 heterocycles. The zero-order valence-corrected chi connectivity index (χ0v) is 9.49. The molecule has 0 aliphatic heterocycles. The maximum Gasteiger partial charge on any atom is 0.120 e. The average molecular weight is 205 g/mol. The molecule has 0 saturated carbocycles. The van der Waals surface area contributed by atoms with Crippen molar-refractivity contribution in [2.75, 3.05) is 6.61 Å². The molecule has 0 atom stereocenters. The van der Waals surface area contributed by atoms with Gasteiger partial charge in [-0.25, -0.2) is 0 Å². The molecule has 2 heteroatoms. The molecule has 0 aliphatic rings. The van der Waals surface area contributed by atoms with E-state index in [1.54, 1.807) is 6.08 Å². The van der Waals surface area contributed by atoms with Crippen molar-refractivity contribution >= 4 is 0 Å². The molecule has 15 heavy (non-hydrogen) atoms. The summed E-state index contributed by atoms with van der Waals surface area (Å²) in [6.07, 6.45) is 1.75. The first-order valence-corrected chi connectivity index (χ1v) is 5.28. The van der Waals surface area contributed by atoms with Crippen LogP contribution in [0.15, 0.2) is 36.9 Å². The van der Waals surface area contributed by atoms with Crippen LogP contribution in [0.2, 0.25) is 0 Å². The van der Waals surface area contributed by atoms with E-state index in [1.165, 1.54) is 5.56 Å². The minimum absolute atomic E-state index is 0.503. The highest BCUT2D eigenvalue weighted by Crippen LogP contribution is 2.13. The van der Waals surface area contributed by atoms with Crippen LogP contribution in [-0.2, 0) is 6.54 Å². The van der Waals surface area contributed by atoms with Crippen LogP contribution in [0.25, 0.3) is 0 Å². The van der Waals surface area contributed by atoms with Crippen LogP contribution in [0.4, 0.5) is 0 Å². The lowest BCUT2D eigenvalue weighted by Crippen LogP contribution is -2.21. The fourth-order valence-corrected chi connectivity index (χ4v) is 1.22. The Morgan fingerprint density at radius 2 is 2.27 bits per heavy atom. The highest BCUT2D eigenvalue weighted by atomic mass is 16.5. The predicted octanol–water partition coefficient (Wildman–Crippen LogP) is 2.75. The Hall–Kier alpha value is -1.28. The molecule has 0 spiro atoms. The van der Waals surface area contributed by atoms with Gasteiger partial charge in [-0.1, -0.05) is 38.6 Å². The summed E-state index contributed by atoms with van der Waals surface area (Å²) in [7, 11) is 0. The fourth-order valence-electron chi connectivity index (χ4n) is 1.22. The monoisotopic (exact) mass is 205 g/mol. The van der Waals surface area contributed by atoms with Crippen LogP contribution in [0, 0.1) is 0 Å². The lowest BCUT2D eigenvalue weighted by atomic mass is 10.2. The topological polar surface area (TPSA) is 21.3 Å². The largest absolute Gasteiger partial charge is 0.490 e. The second kappa shape index (κ2) is 6.25.